The van der Waals surface area contributed by atoms with Crippen molar-refractivity contribution < 1.29 is 4.74 Å². The smallest absolute Gasteiger partial charge is 0.0594 e. The minimum atomic E-state index is 0.0437. The predicted molar refractivity (Wildman–Crippen MR) is 86.3 cm³/mol. The molecule has 0 amide bonds. The lowest BCUT2D eigenvalue weighted by atomic mass is 9.87. The molecule has 1 unspecified atom stereocenters. The van der Waals surface area contributed by atoms with Crippen molar-refractivity contribution in [3.05, 3.63) is 24.0 Å². The van der Waals surface area contributed by atoms with Gasteiger partial charge in [0.25, 0.3) is 0 Å². The Morgan fingerprint density at radius 2 is 2.14 bits per heavy atom. The fourth-order valence-electron chi connectivity index (χ4n) is 3.01. The molecule has 2 rings (SSSR count). The molecule has 0 saturated carbocycles. The summed E-state index contributed by atoms with van der Waals surface area (Å²) in [6, 6.07) is 2.20. The molecule has 1 aromatic heterocycles. The second-order valence-corrected chi connectivity index (χ2v) is 6.14. The van der Waals surface area contributed by atoms with E-state index < -0.39 is 0 Å². The van der Waals surface area contributed by atoms with Gasteiger partial charge in [-0.2, -0.15) is 0 Å². The third kappa shape index (κ3) is 3.93. The number of anilines is 1. The van der Waals surface area contributed by atoms with E-state index in [2.05, 4.69) is 36.0 Å². The number of morpholine rings is 1. The summed E-state index contributed by atoms with van der Waals surface area (Å²) in [6.45, 7) is 11.3. The summed E-state index contributed by atoms with van der Waals surface area (Å²) in [4.78, 5) is 6.72. The maximum atomic E-state index is 6.09. The summed E-state index contributed by atoms with van der Waals surface area (Å²) >= 11 is 0. The van der Waals surface area contributed by atoms with Gasteiger partial charge in [0.15, 0.2) is 0 Å². The van der Waals surface area contributed by atoms with E-state index in [1.165, 1.54) is 0 Å². The minimum Gasteiger partial charge on any atom is -0.398 e. The maximum absolute atomic E-state index is 6.09. The van der Waals surface area contributed by atoms with Gasteiger partial charge in [-0.3, -0.25) is 9.88 Å². The third-order valence-electron chi connectivity index (χ3n) is 4.49. The van der Waals surface area contributed by atoms with E-state index in [4.69, 9.17) is 10.5 Å². The molecular weight excluding hydrogens is 264 g/mol. The first-order valence-electron chi connectivity index (χ1n) is 7.80. The standard InChI is InChI=1S/C16H28N4O/c1-4-19-15(11-13-12-18-6-5-14(13)17)16(2,3)20-7-9-21-10-8-20/h5-6,12,15,19H,4,7-11H2,1-3H3,(H2,17,18). The van der Waals surface area contributed by atoms with Gasteiger partial charge < -0.3 is 15.8 Å². The fourth-order valence-corrected chi connectivity index (χ4v) is 3.01. The zero-order valence-electron chi connectivity index (χ0n) is 13.4. The molecule has 1 aliphatic heterocycles. The first-order chi connectivity index (χ1) is 10.1. The number of nitrogens with one attached hydrogen (secondary N) is 1. The van der Waals surface area contributed by atoms with Crippen LogP contribution in [0.3, 0.4) is 0 Å². The summed E-state index contributed by atoms with van der Waals surface area (Å²) in [5.41, 5.74) is 8.07. The Bertz CT molecular complexity index is 444. The molecule has 5 heteroatoms. The lowest BCUT2D eigenvalue weighted by Gasteiger charge is -2.46. The fraction of sp³-hybridized carbons (Fsp3) is 0.688. The second kappa shape index (κ2) is 7.20. The molecule has 1 aromatic rings. The zero-order valence-corrected chi connectivity index (χ0v) is 13.4. The van der Waals surface area contributed by atoms with Crippen molar-refractivity contribution in [1.82, 2.24) is 15.2 Å². The highest BCUT2D eigenvalue weighted by Crippen LogP contribution is 2.24. The lowest BCUT2D eigenvalue weighted by Crippen LogP contribution is -2.61. The number of nitrogen functional groups attached to an aromatic ring is 1. The van der Waals surface area contributed by atoms with Crippen LogP contribution in [0.4, 0.5) is 5.69 Å². The average Bonchev–Trinajstić information content (AvgIpc) is 2.50. The van der Waals surface area contributed by atoms with E-state index >= 15 is 0 Å². The molecule has 1 saturated heterocycles. The number of pyridine rings is 1. The summed E-state index contributed by atoms with van der Waals surface area (Å²) < 4.78 is 5.48. The molecule has 118 valence electrons. The van der Waals surface area contributed by atoms with Gasteiger partial charge in [-0.05, 0) is 38.4 Å². The molecule has 1 fully saturated rings. The lowest BCUT2D eigenvalue weighted by molar-refractivity contribution is -0.0230. The van der Waals surface area contributed by atoms with Crippen LogP contribution in [-0.2, 0) is 11.2 Å². The van der Waals surface area contributed by atoms with Crippen LogP contribution in [0.1, 0.15) is 26.3 Å². The summed E-state index contributed by atoms with van der Waals surface area (Å²) in [6.07, 6.45) is 4.52. The molecule has 1 atom stereocenters. The van der Waals surface area contributed by atoms with Gasteiger partial charge in [0.1, 0.15) is 0 Å². The number of likely N-dealkylation sites (N-methyl/N-ethyl adjacent to an activating group) is 1. The number of aromatic nitrogens is 1. The monoisotopic (exact) mass is 292 g/mol. The van der Waals surface area contributed by atoms with E-state index in [1.807, 2.05) is 12.3 Å². The molecule has 3 N–H and O–H groups in total. The Hall–Kier alpha value is -1.17. The van der Waals surface area contributed by atoms with Gasteiger partial charge in [-0.15, -0.1) is 0 Å². The normalized spacial score (nSPS) is 18.6. The van der Waals surface area contributed by atoms with Crippen LogP contribution >= 0.6 is 0 Å². The van der Waals surface area contributed by atoms with Crippen LogP contribution in [0.25, 0.3) is 0 Å². The highest BCUT2D eigenvalue weighted by Gasteiger charge is 2.36. The number of rotatable bonds is 6. The van der Waals surface area contributed by atoms with Crippen LogP contribution in [0.2, 0.25) is 0 Å². The summed E-state index contributed by atoms with van der Waals surface area (Å²) in [5.74, 6) is 0. The first kappa shape index (κ1) is 16.2. The largest absolute Gasteiger partial charge is 0.398 e. The Kier molecular flexibility index (Phi) is 5.56. The Morgan fingerprint density at radius 1 is 1.43 bits per heavy atom. The minimum absolute atomic E-state index is 0.0437. The van der Waals surface area contributed by atoms with E-state index in [0.29, 0.717) is 6.04 Å². The summed E-state index contributed by atoms with van der Waals surface area (Å²) in [7, 11) is 0. The van der Waals surface area contributed by atoms with Crippen molar-refractivity contribution in [3.63, 3.8) is 0 Å². The number of hydrogen-bond donors (Lipinski definition) is 2. The molecule has 0 radical (unpaired) electrons. The number of ether oxygens (including phenoxy) is 1. The predicted octanol–water partition coefficient (Wildman–Crippen LogP) is 1.30. The van der Waals surface area contributed by atoms with E-state index in [0.717, 1.165) is 50.5 Å². The Labute approximate surface area is 127 Å². The number of nitrogens with two attached hydrogens (primary N) is 1. The number of nitrogens with zero attached hydrogens (tertiary/aromatic N) is 2. The van der Waals surface area contributed by atoms with Gasteiger partial charge in [-0.25, -0.2) is 0 Å². The van der Waals surface area contributed by atoms with Crippen LogP contribution in [-0.4, -0.2) is 54.3 Å². The van der Waals surface area contributed by atoms with Gasteiger partial charge >= 0.3 is 0 Å². The summed E-state index contributed by atoms with van der Waals surface area (Å²) in [5, 5.41) is 3.63. The van der Waals surface area contributed by atoms with Gasteiger partial charge in [-0.1, -0.05) is 6.92 Å². The average molecular weight is 292 g/mol. The van der Waals surface area contributed by atoms with Crippen molar-refractivity contribution in [1.29, 1.82) is 0 Å². The molecule has 0 aliphatic carbocycles. The van der Waals surface area contributed by atoms with Crippen LogP contribution in [0.15, 0.2) is 18.5 Å². The van der Waals surface area contributed by atoms with Crippen LogP contribution < -0.4 is 11.1 Å². The van der Waals surface area contributed by atoms with Crippen LogP contribution in [0, 0.1) is 0 Å². The van der Waals surface area contributed by atoms with E-state index in [9.17, 15) is 0 Å². The van der Waals surface area contributed by atoms with Crippen molar-refractivity contribution in [2.24, 2.45) is 0 Å². The zero-order chi connectivity index (χ0) is 15.3. The molecule has 0 aromatic carbocycles. The van der Waals surface area contributed by atoms with Crippen molar-refractivity contribution >= 4 is 5.69 Å². The molecule has 21 heavy (non-hydrogen) atoms. The molecule has 1 aliphatic rings. The molecule has 5 nitrogen and oxygen atoms in total. The Morgan fingerprint density at radius 3 is 2.76 bits per heavy atom. The topological polar surface area (TPSA) is 63.4 Å². The molecule has 0 bridgehead atoms. The van der Waals surface area contributed by atoms with E-state index in [1.54, 1.807) is 6.20 Å². The highest BCUT2D eigenvalue weighted by atomic mass is 16.5. The van der Waals surface area contributed by atoms with Gasteiger partial charge in [0, 0.05) is 42.8 Å². The van der Waals surface area contributed by atoms with Gasteiger partial charge in [0.05, 0.1) is 13.2 Å². The number of hydrogen-bond acceptors (Lipinski definition) is 5. The molecular formula is C16H28N4O. The highest BCUT2D eigenvalue weighted by molar-refractivity contribution is 5.44. The third-order valence-corrected chi connectivity index (χ3v) is 4.49. The van der Waals surface area contributed by atoms with Crippen molar-refractivity contribution in [2.75, 3.05) is 38.6 Å². The van der Waals surface area contributed by atoms with Crippen molar-refractivity contribution in [2.45, 2.75) is 38.8 Å². The van der Waals surface area contributed by atoms with Crippen molar-refractivity contribution in [3.8, 4) is 0 Å². The first-order valence-corrected chi connectivity index (χ1v) is 7.80. The molecule has 0 spiro atoms. The quantitative estimate of drug-likeness (QED) is 0.827. The van der Waals surface area contributed by atoms with Crippen LogP contribution in [0.5, 0.6) is 0 Å². The molecule has 2 heterocycles. The second-order valence-electron chi connectivity index (χ2n) is 6.14. The maximum Gasteiger partial charge on any atom is 0.0594 e. The van der Waals surface area contributed by atoms with E-state index in [-0.39, 0.29) is 5.54 Å². The SMILES string of the molecule is CCNC(Cc1cnccc1N)C(C)(C)N1CCOCC1. The Balaban J connectivity index is 2.15. The van der Waals surface area contributed by atoms with Gasteiger partial charge in [0.2, 0.25) is 0 Å².